The van der Waals surface area contributed by atoms with Gasteiger partial charge < -0.3 is 20.8 Å². The summed E-state index contributed by atoms with van der Waals surface area (Å²) in [6, 6.07) is 0. The molecule has 34 heavy (non-hydrogen) atoms. The molecule has 0 radical (unpaired) electrons. The number of carboxylic acid groups (broad SMARTS) is 2. The van der Waals surface area contributed by atoms with Crippen molar-refractivity contribution in [3.8, 4) is 0 Å². The van der Waals surface area contributed by atoms with Crippen LogP contribution in [0.3, 0.4) is 0 Å². The van der Waals surface area contributed by atoms with Crippen LogP contribution in [0.15, 0.2) is 0 Å². The number of rotatable bonds is 5. The predicted molar refractivity (Wildman–Crippen MR) is 120 cm³/mol. The summed E-state index contributed by atoms with van der Waals surface area (Å²) in [5, 5.41) is 27.4. The smallest absolute Gasteiger partial charge is 0.309 e. The van der Waals surface area contributed by atoms with E-state index in [0.717, 1.165) is 38.5 Å². The van der Waals surface area contributed by atoms with Crippen LogP contribution in [0.1, 0.15) is 90.9 Å². The molecular weight excluding hydrogens is 436 g/mol. The second kappa shape index (κ2) is 6.35. The molecule has 0 aromatic carbocycles. The first-order valence-corrected chi connectivity index (χ1v) is 12.8. The Morgan fingerprint density at radius 2 is 0.971 bits per heavy atom. The third-order valence-electron chi connectivity index (χ3n) is 11.1. The molecule has 8 heteroatoms. The van der Waals surface area contributed by atoms with Crippen molar-refractivity contribution in [2.45, 2.75) is 102 Å². The topological polar surface area (TPSA) is 133 Å². The number of carboxylic acids is 2. The molecule has 8 nitrogen and oxygen atoms in total. The maximum Gasteiger partial charge on any atom is 0.309 e. The van der Waals surface area contributed by atoms with Gasteiger partial charge in [-0.05, 0) is 99.7 Å². The summed E-state index contributed by atoms with van der Waals surface area (Å²) in [4.78, 5) is 50.1. The van der Waals surface area contributed by atoms with Crippen molar-refractivity contribution in [1.82, 2.24) is 10.6 Å². The van der Waals surface area contributed by atoms with Gasteiger partial charge >= 0.3 is 11.9 Å². The average Bonchev–Trinajstić information content (AvgIpc) is 2.63. The lowest BCUT2D eigenvalue weighted by atomic mass is 9.29. The summed E-state index contributed by atoms with van der Waals surface area (Å²) in [5.41, 5.74) is -3.49. The van der Waals surface area contributed by atoms with Crippen LogP contribution in [0.4, 0.5) is 0 Å². The van der Waals surface area contributed by atoms with E-state index in [9.17, 15) is 29.4 Å². The summed E-state index contributed by atoms with van der Waals surface area (Å²) in [6.07, 6.45) is 8.22. The second-order valence-corrected chi connectivity index (χ2v) is 13.7. The van der Waals surface area contributed by atoms with Crippen LogP contribution in [0.2, 0.25) is 0 Å². The van der Waals surface area contributed by atoms with E-state index in [2.05, 4.69) is 10.6 Å². The van der Waals surface area contributed by atoms with Gasteiger partial charge in [0, 0.05) is 24.9 Å². The SMILES string of the molecule is CC(=O)NC12CC3CC(C(=O)O)(C1)CC(C14CC5CC(NC(C)=O)(CC(C(=O)O)(C5)C1)C4)(C3)C2. The number of aliphatic carboxylic acids is 2. The molecular formula is C26H36N2O6. The molecule has 0 aromatic rings. The summed E-state index contributed by atoms with van der Waals surface area (Å²) in [5.74, 6) is -1.37. The van der Waals surface area contributed by atoms with Crippen LogP contribution >= 0.6 is 0 Å². The van der Waals surface area contributed by atoms with Crippen molar-refractivity contribution in [1.29, 1.82) is 0 Å². The van der Waals surface area contributed by atoms with Gasteiger partial charge in [0.15, 0.2) is 0 Å². The summed E-state index contributed by atoms with van der Waals surface area (Å²) in [7, 11) is 0. The molecule has 0 saturated heterocycles. The molecule has 8 bridgehead atoms. The van der Waals surface area contributed by atoms with Gasteiger partial charge in [-0.15, -0.1) is 0 Å². The summed E-state index contributed by atoms with van der Waals surface area (Å²) in [6.45, 7) is 3.02. The average molecular weight is 473 g/mol. The number of carbonyl (C=O) groups is 4. The zero-order chi connectivity index (χ0) is 24.4. The van der Waals surface area contributed by atoms with Gasteiger partial charge in [0.05, 0.1) is 10.8 Å². The molecule has 8 aliphatic rings. The molecule has 8 unspecified atom stereocenters. The van der Waals surface area contributed by atoms with Crippen molar-refractivity contribution in [3.05, 3.63) is 0 Å². The molecule has 0 aromatic heterocycles. The van der Waals surface area contributed by atoms with E-state index in [1.165, 1.54) is 13.8 Å². The highest BCUT2D eigenvalue weighted by Crippen LogP contribution is 2.79. The Balaban J connectivity index is 1.50. The third-order valence-corrected chi connectivity index (χ3v) is 11.1. The van der Waals surface area contributed by atoms with E-state index in [4.69, 9.17) is 0 Å². The molecule has 8 atom stereocenters. The lowest BCUT2D eigenvalue weighted by molar-refractivity contribution is -0.254. The van der Waals surface area contributed by atoms with Crippen LogP contribution in [0, 0.1) is 33.5 Å². The minimum atomic E-state index is -0.872. The van der Waals surface area contributed by atoms with Crippen LogP contribution in [0.25, 0.3) is 0 Å². The third kappa shape index (κ3) is 2.77. The van der Waals surface area contributed by atoms with Crippen molar-refractivity contribution in [2.24, 2.45) is 33.5 Å². The molecule has 2 amide bonds. The van der Waals surface area contributed by atoms with E-state index < -0.39 is 33.8 Å². The molecule has 8 rings (SSSR count). The fourth-order valence-corrected chi connectivity index (χ4v) is 11.6. The maximum atomic E-state index is 12.8. The predicted octanol–water partition coefficient (Wildman–Crippen LogP) is 2.85. The molecule has 8 saturated carbocycles. The summed E-state index contributed by atoms with van der Waals surface area (Å²) < 4.78 is 0. The highest BCUT2D eigenvalue weighted by molar-refractivity contribution is 5.79. The van der Waals surface area contributed by atoms with Crippen molar-refractivity contribution < 1.29 is 29.4 Å². The normalized spacial score (nSPS) is 51.8. The number of nitrogens with one attached hydrogen (secondary N) is 2. The van der Waals surface area contributed by atoms with Crippen molar-refractivity contribution in [3.63, 3.8) is 0 Å². The Morgan fingerprint density at radius 1 is 0.588 bits per heavy atom. The Morgan fingerprint density at radius 3 is 1.29 bits per heavy atom. The van der Waals surface area contributed by atoms with Gasteiger partial charge in [-0.3, -0.25) is 19.2 Å². The van der Waals surface area contributed by atoms with Crippen LogP contribution in [0.5, 0.6) is 0 Å². The summed E-state index contributed by atoms with van der Waals surface area (Å²) >= 11 is 0. The number of hydrogen-bond donors (Lipinski definition) is 4. The first-order valence-electron chi connectivity index (χ1n) is 12.8. The monoisotopic (exact) mass is 472 g/mol. The van der Waals surface area contributed by atoms with Gasteiger partial charge in [0.1, 0.15) is 0 Å². The van der Waals surface area contributed by atoms with Gasteiger partial charge in [0.25, 0.3) is 0 Å². The molecule has 8 aliphatic carbocycles. The van der Waals surface area contributed by atoms with Crippen LogP contribution in [-0.4, -0.2) is 45.0 Å². The Kier molecular flexibility index (Phi) is 4.18. The lowest BCUT2D eigenvalue weighted by Gasteiger charge is -2.76. The van der Waals surface area contributed by atoms with Gasteiger partial charge in [-0.2, -0.15) is 0 Å². The van der Waals surface area contributed by atoms with Gasteiger partial charge in [0.2, 0.25) is 11.8 Å². The quantitative estimate of drug-likeness (QED) is 0.486. The Labute approximate surface area is 199 Å². The van der Waals surface area contributed by atoms with E-state index >= 15 is 0 Å². The molecule has 0 heterocycles. The van der Waals surface area contributed by atoms with E-state index in [-0.39, 0.29) is 34.5 Å². The minimum Gasteiger partial charge on any atom is -0.481 e. The molecule has 4 N–H and O–H groups in total. The standard InChI is InChI=1S/C26H36N2O6/c1-15(29)27-25-7-17-3-21(11-25,19(31)32)9-23(5-17,13-25)24-6-18-4-22(10-24,20(33)34)12-26(8-18,14-24)28-16(2)30/h17-18H,3-14H2,1-2H3,(H,27,29)(H,28,30)(H,31,32)(H,33,34). The maximum absolute atomic E-state index is 12.8. The molecule has 0 spiro atoms. The fraction of sp³-hybridized carbons (Fsp3) is 0.846. The van der Waals surface area contributed by atoms with E-state index in [0.29, 0.717) is 38.5 Å². The first-order chi connectivity index (χ1) is 15.8. The zero-order valence-corrected chi connectivity index (χ0v) is 20.2. The highest BCUT2D eigenvalue weighted by Gasteiger charge is 2.76. The molecule has 0 aliphatic heterocycles. The van der Waals surface area contributed by atoms with Gasteiger partial charge in [-0.1, -0.05) is 0 Å². The van der Waals surface area contributed by atoms with E-state index in [1.54, 1.807) is 0 Å². The number of hydrogen-bond acceptors (Lipinski definition) is 4. The molecule has 186 valence electrons. The zero-order valence-electron chi connectivity index (χ0n) is 20.2. The highest BCUT2D eigenvalue weighted by atomic mass is 16.4. The number of carbonyl (C=O) groups excluding carboxylic acids is 2. The fourth-order valence-electron chi connectivity index (χ4n) is 11.6. The van der Waals surface area contributed by atoms with E-state index in [1.807, 2.05) is 0 Å². The first kappa shape index (κ1) is 22.4. The van der Waals surface area contributed by atoms with Crippen molar-refractivity contribution >= 4 is 23.8 Å². The Bertz CT molecular complexity index is 949. The van der Waals surface area contributed by atoms with Crippen LogP contribution < -0.4 is 10.6 Å². The number of amides is 2. The van der Waals surface area contributed by atoms with Crippen molar-refractivity contribution in [2.75, 3.05) is 0 Å². The minimum absolute atomic E-state index is 0.125. The van der Waals surface area contributed by atoms with Gasteiger partial charge in [-0.25, -0.2) is 0 Å². The van der Waals surface area contributed by atoms with Crippen LogP contribution in [-0.2, 0) is 19.2 Å². The second-order valence-electron chi connectivity index (χ2n) is 13.7. The lowest BCUT2D eigenvalue weighted by Crippen LogP contribution is -2.75. The Hall–Kier alpha value is -2.12. The molecule has 8 fully saturated rings. The largest absolute Gasteiger partial charge is 0.481 e.